The number of unbranched alkanes of at least 4 members (excludes halogenated alkanes) is 3. The average Bonchev–Trinajstić information content (AvgIpc) is 3.27. The molecule has 0 spiro atoms. The minimum absolute atomic E-state index is 0.00766. The topological polar surface area (TPSA) is 122 Å². The Morgan fingerprint density at radius 2 is 2.27 bits per heavy atom. The van der Waals surface area contributed by atoms with Crippen molar-refractivity contribution < 1.29 is 24.1 Å². The fourth-order valence-corrected chi connectivity index (χ4v) is 3.55. The Labute approximate surface area is 179 Å². The lowest BCUT2D eigenvalue weighted by Crippen LogP contribution is -2.43. The molecule has 2 aromatic rings. The second kappa shape index (κ2) is 9.51. The number of aromatic nitrogens is 3. The van der Waals surface area contributed by atoms with Gasteiger partial charge in [-0.1, -0.05) is 32.1 Å². The van der Waals surface area contributed by atoms with Crippen molar-refractivity contribution in [3.63, 3.8) is 0 Å². The van der Waals surface area contributed by atoms with E-state index in [2.05, 4.69) is 22.8 Å². The average molecular weight is 437 g/mol. The van der Waals surface area contributed by atoms with Crippen molar-refractivity contribution in [3.05, 3.63) is 17.5 Å². The number of aliphatic hydroxyl groups is 1. The molecule has 3 atom stereocenters. The van der Waals surface area contributed by atoms with Crippen molar-refractivity contribution in [2.75, 3.05) is 18.9 Å². The fourth-order valence-electron chi connectivity index (χ4n) is 3.38. The van der Waals surface area contributed by atoms with Crippen LogP contribution in [-0.2, 0) is 14.2 Å². The molecule has 30 heavy (non-hydrogen) atoms. The number of rotatable bonds is 8. The van der Waals surface area contributed by atoms with Crippen molar-refractivity contribution in [2.24, 2.45) is 0 Å². The molecule has 0 aromatic carbocycles. The number of aliphatic hydroxyl groups excluding tert-OH is 1. The molecule has 0 bridgehead atoms. The number of halogens is 1. The molecule has 3 heterocycles. The third-order valence-corrected chi connectivity index (χ3v) is 5.23. The maximum atomic E-state index is 11.9. The third-order valence-electron chi connectivity index (χ3n) is 5.06. The number of hydrogen-bond donors (Lipinski definition) is 2. The summed E-state index contributed by atoms with van der Waals surface area (Å²) in [5.74, 6) is 2.66. The minimum Gasteiger partial charge on any atom is -0.434 e. The fraction of sp³-hybridized carbons (Fsp3) is 0.550. The van der Waals surface area contributed by atoms with E-state index < -0.39 is 24.1 Å². The molecule has 1 aliphatic rings. The number of carbonyl (C=O) groups is 1. The molecule has 0 amide bonds. The van der Waals surface area contributed by atoms with E-state index in [1.165, 1.54) is 0 Å². The molecule has 1 saturated heterocycles. The van der Waals surface area contributed by atoms with Crippen LogP contribution in [0.15, 0.2) is 12.3 Å². The van der Waals surface area contributed by atoms with Crippen LogP contribution in [0.3, 0.4) is 0 Å². The third kappa shape index (κ3) is 4.61. The maximum absolute atomic E-state index is 11.9. The molecular weight excluding hydrogens is 412 g/mol. The zero-order chi connectivity index (χ0) is 21.7. The molecule has 1 aliphatic heterocycles. The van der Waals surface area contributed by atoms with E-state index in [1.807, 2.05) is 0 Å². The highest BCUT2D eigenvalue weighted by molar-refractivity contribution is 6.28. The van der Waals surface area contributed by atoms with Gasteiger partial charge in [0.1, 0.15) is 30.4 Å². The summed E-state index contributed by atoms with van der Waals surface area (Å²) >= 11 is 5.92. The van der Waals surface area contributed by atoms with Gasteiger partial charge in [0.25, 0.3) is 0 Å². The summed E-state index contributed by atoms with van der Waals surface area (Å²) in [6, 6.07) is 1.72. The summed E-state index contributed by atoms with van der Waals surface area (Å²) in [5, 5.41) is 11.2. The molecule has 0 saturated carbocycles. The van der Waals surface area contributed by atoms with Gasteiger partial charge in [0.05, 0.1) is 12.0 Å². The molecule has 3 N–H and O–H groups in total. The number of terminal acetylenes is 1. The molecule has 162 valence electrons. The molecule has 3 rings (SSSR count). The molecule has 2 aromatic heterocycles. The Bertz CT molecular complexity index is 943. The summed E-state index contributed by atoms with van der Waals surface area (Å²) in [6.07, 6.45) is 8.82. The van der Waals surface area contributed by atoms with E-state index in [1.54, 1.807) is 16.8 Å². The lowest BCUT2D eigenvalue weighted by Gasteiger charge is -2.26. The number of nitrogens with zero attached hydrogens (tertiary/aromatic N) is 3. The van der Waals surface area contributed by atoms with Crippen LogP contribution in [-0.4, -0.2) is 50.7 Å². The monoisotopic (exact) mass is 436 g/mol. The van der Waals surface area contributed by atoms with Crippen molar-refractivity contribution in [1.29, 1.82) is 0 Å². The van der Waals surface area contributed by atoms with Gasteiger partial charge in [-0.15, -0.1) is 6.42 Å². The Balaban J connectivity index is 1.65. The standard InChI is InChI=1S/C20H25ClN4O5/c1-3-5-6-7-10-28-19(27)29-12-20(4-2)14(26)11-15(30-20)25-9-8-13-16(22)23-18(21)24-17(13)25/h2,8-9,14-15,26H,3,5-7,10-12H2,1H3,(H2,22,23,24)/t14-,15+,20+/m0/s1. The number of fused-ring (bicyclic) bond motifs is 1. The Morgan fingerprint density at radius 3 is 3.00 bits per heavy atom. The number of nitrogen functional groups attached to an aromatic ring is 1. The first-order chi connectivity index (χ1) is 14.4. The van der Waals surface area contributed by atoms with Crippen LogP contribution in [0.1, 0.15) is 45.3 Å². The van der Waals surface area contributed by atoms with Gasteiger partial charge in [0.2, 0.25) is 5.28 Å². The molecule has 0 unspecified atom stereocenters. The van der Waals surface area contributed by atoms with Gasteiger partial charge in [-0.2, -0.15) is 4.98 Å². The van der Waals surface area contributed by atoms with Crippen LogP contribution in [0.2, 0.25) is 5.28 Å². The first kappa shape index (κ1) is 22.2. The van der Waals surface area contributed by atoms with E-state index in [0.29, 0.717) is 11.0 Å². The van der Waals surface area contributed by atoms with E-state index in [-0.39, 0.29) is 30.7 Å². The zero-order valence-electron chi connectivity index (χ0n) is 16.7. The van der Waals surface area contributed by atoms with E-state index in [4.69, 9.17) is 38.0 Å². The Hall–Kier alpha value is -2.54. The van der Waals surface area contributed by atoms with Gasteiger partial charge in [-0.05, 0) is 24.1 Å². The van der Waals surface area contributed by atoms with Crippen molar-refractivity contribution in [3.8, 4) is 12.3 Å². The summed E-state index contributed by atoms with van der Waals surface area (Å²) in [4.78, 5) is 20.0. The number of carbonyl (C=O) groups excluding carboxylic acids is 1. The summed E-state index contributed by atoms with van der Waals surface area (Å²) in [6.45, 7) is 2.03. The second-order valence-corrected chi connectivity index (χ2v) is 7.48. The van der Waals surface area contributed by atoms with Crippen molar-refractivity contribution in [1.82, 2.24) is 14.5 Å². The lowest BCUT2D eigenvalue weighted by molar-refractivity contribution is -0.0978. The van der Waals surface area contributed by atoms with E-state index in [9.17, 15) is 9.90 Å². The zero-order valence-corrected chi connectivity index (χ0v) is 17.5. The highest BCUT2D eigenvalue weighted by Gasteiger charge is 2.49. The number of ether oxygens (including phenoxy) is 3. The van der Waals surface area contributed by atoms with Crippen molar-refractivity contribution in [2.45, 2.75) is 57.0 Å². The summed E-state index contributed by atoms with van der Waals surface area (Å²) < 4.78 is 17.8. The molecule has 10 heteroatoms. The van der Waals surface area contributed by atoms with Gasteiger partial charge in [-0.25, -0.2) is 9.78 Å². The number of anilines is 1. The van der Waals surface area contributed by atoms with Crippen LogP contribution in [0.5, 0.6) is 0 Å². The Morgan fingerprint density at radius 1 is 1.47 bits per heavy atom. The molecule has 0 radical (unpaired) electrons. The van der Waals surface area contributed by atoms with Gasteiger partial charge in [0, 0.05) is 12.6 Å². The van der Waals surface area contributed by atoms with Crippen LogP contribution < -0.4 is 5.73 Å². The summed E-state index contributed by atoms with van der Waals surface area (Å²) in [7, 11) is 0. The van der Waals surface area contributed by atoms with E-state index in [0.717, 1.165) is 25.7 Å². The molecule has 0 aliphatic carbocycles. The normalized spacial score (nSPS) is 23.4. The second-order valence-electron chi connectivity index (χ2n) is 7.14. The van der Waals surface area contributed by atoms with Gasteiger partial charge in [-0.3, -0.25) is 0 Å². The quantitative estimate of drug-likeness (QED) is 0.280. The van der Waals surface area contributed by atoms with Gasteiger partial charge in [0.15, 0.2) is 5.60 Å². The predicted molar refractivity (Wildman–Crippen MR) is 111 cm³/mol. The first-order valence-corrected chi connectivity index (χ1v) is 10.2. The predicted octanol–water partition coefficient (Wildman–Crippen LogP) is 3.05. The molecular formula is C20H25ClN4O5. The van der Waals surface area contributed by atoms with Crippen molar-refractivity contribution >= 4 is 34.6 Å². The number of hydrogen-bond acceptors (Lipinski definition) is 8. The van der Waals surface area contributed by atoms with Crippen LogP contribution >= 0.6 is 11.6 Å². The number of nitrogens with two attached hydrogens (primary N) is 1. The van der Waals surface area contributed by atoms with Crippen LogP contribution in [0, 0.1) is 12.3 Å². The largest absolute Gasteiger partial charge is 0.508 e. The smallest absolute Gasteiger partial charge is 0.434 e. The summed E-state index contributed by atoms with van der Waals surface area (Å²) in [5.41, 5.74) is 4.82. The molecule has 1 fully saturated rings. The maximum Gasteiger partial charge on any atom is 0.508 e. The highest BCUT2D eigenvalue weighted by atomic mass is 35.5. The highest BCUT2D eigenvalue weighted by Crippen LogP contribution is 2.39. The van der Waals surface area contributed by atoms with E-state index >= 15 is 0 Å². The van der Waals surface area contributed by atoms with Crippen LogP contribution in [0.25, 0.3) is 11.0 Å². The van der Waals surface area contributed by atoms with Gasteiger partial charge < -0.3 is 29.6 Å². The lowest BCUT2D eigenvalue weighted by atomic mass is 9.99. The van der Waals surface area contributed by atoms with Crippen LogP contribution in [0.4, 0.5) is 10.6 Å². The molecule has 9 nitrogen and oxygen atoms in total. The van der Waals surface area contributed by atoms with Gasteiger partial charge >= 0.3 is 6.16 Å². The SMILES string of the molecule is C#C[C@]1(COC(=O)OCCCCCC)O[C@@H](n2ccc3c(N)nc(Cl)nc32)C[C@@H]1O. The first-order valence-electron chi connectivity index (χ1n) is 9.83. The Kier molecular flexibility index (Phi) is 7.02. The minimum atomic E-state index is -1.51.